The molecule has 0 spiro atoms. The maximum Gasteiger partial charge on any atom is 0.362 e. The van der Waals surface area contributed by atoms with E-state index in [1.807, 2.05) is 0 Å². The Labute approximate surface area is 175 Å². The zero-order valence-corrected chi connectivity index (χ0v) is 18.4. The first-order valence-electron chi connectivity index (χ1n) is 10.9. The molecule has 0 heterocycles. The van der Waals surface area contributed by atoms with Gasteiger partial charge in [0, 0.05) is 19.3 Å². The van der Waals surface area contributed by atoms with Crippen molar-refractivity contribution in [2.45, 2.75) is 104 Å². The van der Waals surface area contributed by atoms with Gasteiger partial charge in [-0.2, -0.15) is 0 Å². The van der Waals surface area contributed by atoms with Gasteiger partial charge in [0.15, 0.2) is 12.1 Å². The quantitative estimate of drug-likeness (QED) is 0.215. The summed E-state index contributed by atoms with van der Waals surface area (Å²) in [4.78, 5) is 36.1. The Morgan fingerprint density at radius 2 is 1.28 bits per heavy atom. The number of hydrogen-bond acceptors (Lipinski definition) is 4. The number of carboxylic acids is 3. The molecule has 0 aliphatic heterocycles. The lowest BCUT2D eigenvalue weighted by atomic mass is 9.94. The summed E-state index contributed by atoms with van der Waals surface area (Å²) in [6.45, 7) is 7.27. The Kier molecular flexibility index (Phi) is 13.2. The third kappa shape index (κ3) is 7.46. The average Bonchev–Trinajstić information content (AvgIpc) is 2.64. The molecular weight excluding hydrogens is 374 g/mol. The smallest absolute Gasteiger partial charge is 0.362 e. The summed E-state index contributed by atoms with van der Waals surface area (Å²) in [5.74, 6) is -3.69. The molecular formula is C22H39NO6. The first-order valence-corrected chi connectivity index (χ1v) is 10.9. The number of carbonyl (C=O) groups excluding carboxylic acids is 1. The fraction of sp³-hybridized carbons (Fsp3) is 0.773. The molecule has 0 amide bonds. The van der Waals surface area contributed by atoms with Crippen molar-refractivity contribution in [1.82, 2.24) is 0 Å². The van der Waals surface area contributed by atoms with Gasteiger partial charge >= 0.3 is 11.9 Å². The molecule has 29 heavy (non-hydrogen) atoms. The Morgan fingerprint density at radius 1 is 0.793 bits per heavy atom. The number of hydrogen-bond donors (Lipinski definition) is 2. The van der Waals surface area contributed by atoms with E-state index in [0.717, 1.165) is 32.1 Å². The molecule has 0 fully saturated rings. The first-order chi connectivity index (χ1) is 13.7. The van der Waals surface area contributed by atoms with Crippen molar-refractivity contribution in [1.29, 1.82) is 0 Å². The monoisotopic (exact) mass is 413 g/mol. The normalized spacial score (nSPS) is 16.8. The molecule has 0 radical (unpaired) electrons. The Hall–Kier alpha value is -1.89. The van der Waals surface area contributed by atoms with E-state index >= 15 is 0 Å². The van der Waals surface area contributed by atoms with Gasteiger partial charge < -0.3 is 20.1 Å². The number of nitrogens with zero attached hydrogens (tertiary/aromatic N) is 1. The van der Waals surface area contributed by atoms with Gasteiger partial charge in [-0.3, -0.25) is 4.48 Å². The van der Waals surface area contributed by atoms with E-state index in [1.54, 1.807) is 20.8 Å². The topological polar surface area (TPSA) is 115 Å². The number of carboxylic acid groups (broad SMARTS) is 3. The van der Waals surface area contributed by atoms with Gasteiger partial charge in [-0.1, -0.05) is 46.3 Å². The van der Waals surface area contributed by atoms with Crippen LogP contribution in [0.5, 0.6) is 0 Å². The minimum Gasteiger partial charge on any atom is -0.544 e. The molecule has 0 saturated heterocycles. The second kappa shape index (κ2) is 14.1. The van der Waals surface area contributed by atoms with Crippen molar-refractivity contribution < 1.29 is 34.2 Å². The molecule has 3 atom stereocenters. The molecule has 0 aromatic heterocycles. The van der Waals surface area contributed by atoms with Crippen molar-refractivity contribution in [2.24, 2.45) is 0 Å². The van der Waals surface area contributed by atoms with Crippen molar-refractivity contribution in [3.8, 4) is 0 Å². The maximum absolute atomic E-state index is 12.1. The second-order valence-corrected chi connectivity index (χ2v) is 7.57. The molecule has 0 saturated carbocycles. The molecule has 7 nitrogen and oxygen atoms in total. The first kappa shape index (κ1) is 27.1. The summed E-state index contributed by atoms with van der Waals surface area (Å²) in [5.41, 5.74) is 0. The van der Waals surface area contributed by atoms with Crippen LogP contribution in [-0.2, 0) is 14.4 Å². The van der Waals surface area contributed by atoms with Crippen LogP contribution >= 0.6 is 0 Å². The number of aliphatic carboxylic acids is 3. The zero-order chi connectivity index (χ0) is 22.4. The Balaban J connectivity index is 5.79. The van der Waals surface area contributed by atoms with Gasteiger partial charge in [0.25, 0.3) is 0 Å². The largest absolute Gasteiger partial charge is 0.544 e. The van der Waals surface area contributed by atoms with Crippen LogP contribution in [0.25, 0.3) is 0 Å². The molecule has 0 aromatic carbocycles. The lowest BCUT2D eigenvalue weighted by Crippen LogP contribution is -2.73. The van der Waals surface area contributed by atoms with Gasteiger partial charge in [0.05, 0.1) is 12.5 Å². The predicted molar refractivity (Wildman–Crippen MR) is 110 cm³/mol. The molecule has 0 aliphatic rings. The Morgan fingerprint density at radius 3 is 1.66 bits per heavy atom. The minimum absolute atomic E-state index is 0.123. The van der Waals surface area contributed by atoms with Crippen LogP contribution in [0, 0.1) is 0 Å². The van der Waals surface area contributed by atoms with Crippen molar-refractivity contribution >= 4 is 17.9 Å². The van der Waals surface area contributed by atoms with Crippen molar-refractivity contribution in [3.63, 3.8) is 0 Å². The van der Waals surface area contributed by atoms with Crippen molar-refractivity contribution in [2.75, 3.05) is 6.54 Å². The van der Waals surface area contributed by atoms with Crippen LogP contribution in [-0.4, -0.2) is 57.3 Å². The molecule has 0 aliphatic carbocycles. The van der Waals surface area contributed by atoms with Crippen LogP contribution in [0.4, 0.5) is 0 Å². The summed E-state index contributed by atoms with van der Waals surface area (Å²) < 4.78 is -0.480. The van der Waals surface area contributed by atoms with Crippen LogP contribution in [0.3, 0.4) is 0 Å². The van der Waals surface area contributed by atoms with E-state index < -0.39 is 40.5 Å². The average molecular weight is 414 g/mol. The summed E-state index contributed by atoms with van der Waals surface area (Å²) in [6.07, 6.45) is 9.98. The van der Waals surface area contributed by atoms with Gasteiger partial charge in [0.2, 0.25) is 0 Å². The van der Waals surface area contributed by atoms with Gasteiger partial charge in [-0.15, -0.1) is 0 Å². The van der Waals surface area contributed by atoms with Crippen molar-refractivity contribution in [3.05, 3.63) is 12.2 Å². The highest BCUT2D eigenvalue weighted by Crippen LogP contribution is 2.32. The number of carbonyl (C=O) groups is 3. The summed E-state index contributed by atoms with van der Waals surface area (Å²) in [7, 11) is 0. The Bertz CT molecular complexity index is 490. The van der Waals surface area contributed by atoms with Gasteiger partial charge in [-0.25, -0.2) is 9.59 Å². The van der Waals surface area contributed by atoms with E-state index in [1.165, 1.54) is 0 Å². The van der Waals surface area contributed by atoms with Gasteiger partial charge in [-0.05, 0) is 32.1 Å². The number of allylic oxidation sites excluding steroid dienone is 2. The van der Waals surface area contributed by atoms with E-state index in [-0.39, 0.29) is 25.8 Å². The highest BCUT2D eigenvalue weighted by atomic mass is 16.4. The molecule has 0 bridgehead atoms. The fourth-order valence-electron chi connectivity index (χ4n) is 4.55. The van der Waals surface area contributed by atoms with E-state index in [4.69, 9.17) is 0 Å². The SMILES string of the molecule is CC/C=C/CCCCCC[N+](C(CC)C(=O)[O-])(C(CC)C(=O)O)C(CC)C(=O)O. The molecule has 0 aromatic rings. The summed E-state index contributed by atoms with van der Waals surface area (Å²) in [6, 6.07) is -3.39. The number of unbranched alkanes of at least 4 members (excludes halogenated alkanes) is 4. The molecule has 2 N–H and O–H groups in total. The van der Waals surface area contributed by atoms with Gasteiger partial charge in [0.1, 0.15) is 6.04 Å². The third-order valence-electron chi connectivity index (χ3n) is 5.81. The molecule has 3 unspecified atom stereocenters. The lowest BCUT2D eigenvalue weighted by Gasteiger charge is -2.51. The molecule has 168 valence electrons. The summed E-state index contributed by atoms with van der Waals surface area (Å²) >= 11 is 0. The molecule has 0 rings (SSSR count). The van der Waals surface area contributed by atoms with E-state index in [9.17, 15) is 29.7 Å². The fourth-order valence-corrected chi connectivity index (χ4v) is 4.55. The maximum atomic E-state index is 12.1. The standard InChI is InChI=1S/C22H39NO6/c1-5-9-10-11-12-13-14-15-16-23(17(6-2)20(24)25,18(7-3)21(26)27)19(8-4)22(28)29/h9-10,17-19H,5-8,11-16H2,1-4H3,(H2-,24,25,26,27,28,29)/b10-9+. The zero-order valence-electron chi connectivity index (χ0n) is 18.4. The van der Waals surface area contributed by atoms with Crippen LogP contribution in [0.1, 0.15) is 85.5 Å². The van der Waals surface area contributed by atoms with Crippen LogP contribution in [0.2, 0.25) is 0 Å². The van der Waals surface area contributed by atoms with E-state index in [2.05, 4.69) is 19.1 Å². The minimum atomic E-state index is -1.38. The second-order valence-electron chi connectivity index (χ2n) is 7.57. The highest BCUT2D eigenvalue weighted by molar-refractivity contribution is 5.77. The summed E-state index contributed by atoms with van der Waals surface area (Å²) in [5, 5.41) is 31.7. The van der Waals surface area contributed by atoms with Crippen LogP contribution < -0.4 is 5.11 Å². The predicted octanol–water partition coefficient (Wildman–Crippen LogP) is 2.97. The third-order valence-corrected chi connectivity index (χ3v) is 5.81. The molecule has 7 heteroatoms. The van der Waals surface area contributed by atoms with Crippen LogP contribution in [0.15, 0.2) is 12.2 Å². The highest BCUT2D eigenvalue weighted by Gasteiger charge is 2.53. The number of rotatable bonds is 17. The number of quaternary nitrogens is 1. The lowest BCUT2D eigenvalue weighted by molar-refractivity contribution is -0.974. The van der Waals surface area contributed by atoms with E-state index in [0.29, 0.717) is 6.42 Å².